The summed E-state index contributed by atoms with van der Waals surface area (Å²) in [6.07, 6.45) is -0.777. The van der Waals surface area contributed by atoms with Crippen molar-refractivity contribution in [1.82, 2.24) is 4.98 Å². The molecule has 0 saturated heterocycles. The number of pyridine rings is 1. The van der Waals surface area contributed by atoms with Crippen LogP contribution in [-0.2, 0) is 17.4 Å². The second-order valence-electron chi connectivity index (χ2n) is 9.59. The number of fused-ring (bicyclic) bond motifs is 4. The second kappa shape index (κ2) is 9.27. The van der Waals surface area contributed by atoms with E-state index in [4.69, 9.17) is 11.6 Å². The zero-order valence-electron chi connectivity index (χ0n) is 20.1. The van der Waals surface area contributed by atoms with Crippen LogP contribution in [0.2, 0.25) is 5.02 Å². The molecule has 39 heavy (non-hydrogen) atoms. The van der Waals surface area contributed by atoms with E-state index in [0.717, 1.165) is 16.5 Å². The van der Waals surface area contributed by atoms with Gasteiger partial charge in [0.2, 0.25) is 0 Å². The fourth-order valence-corrected chi connectivity index (χ4v) is 5.69. The summed E-state index contributed by atoms with van der Waals surface area (Å²) in [5, 5.41) is 2.70. The van der Waals surface area contributed by atoms with Crippen LogP contribution in [0.5, 0.6) is 0 Å². The summed E-state index contributed by atoms with van der Waals surface area (Å²) in [4.78, 5) is 31.5. The minimum Gasteiger partial charge on any atom is -0.298 e. The van der Waals surface area contributed by atoms with Gasteiger partial charge in [-0.1, -0.05) is 66.2 Å². The number of benzene rings is 3. The summed E-state index contributed by atoms with van der Waals surface area (Å²) in [6.45, 7) is 0. The van der Waals surface area contributed by atoms with Gasteiger partial charge in [0.25, 0.3) is 0 Å². The number of hydrogen-bond donors (Lipinski definition) is 0. The number of aromatic nitrogens is 1. The van der Waals surface area contributed by atoms with Crippen molar-refractivity contribution in [2.75, 3.05) is 0 Å². The van der Waals surface area contributed by atoms with Crippen LogP contribution >= 0.6 is 11.6 Å². The normalized spacial score (nSPS) is 18.0. The Balaban J connectivity index is 1.59. The number of ketones is 2. The molecule has 2 unspecified atom stereocenters. The standard InChI is InChI=1S/C31H18ClF4NO2/c32-25-13-19(31(34,35)36)15-37-26(25)14-24-28-18(11-23(30(24)39)16-5-8-20(33)9-6-16)7-10-22-21-4-2-1-3-17(21)12-27(38)29(22)28/h1-13,15,23-24H,14H2. The van der Waals surface area contributed by atoms with E-state index in [-0.39, 0.29) is 28.7 Å². The Kier molecular flexibility index (Phi) is 5.99. The Morgan fingerprint density at radius 3 is 2.36 bits per heavy atom. The molecule has 0 spiro atoms. The van der Waals surface area contributed by atoms with E-state index in [2.05, 4.69) is 4.98 Å². The Morgan fingerprint density at radius 2 is 1.64 bits per heavy atom. The van der Waals surface area contributed by atoms with Crippen LogP contribution in [0, 0.1) is 16.3 Å². The van der Waals surface area contributed by atoms with Crippen LogP contribution in [0.25, 0.3) is 12.2 Å². The first-order valence-electron chi connectivity index (χ1n) is 12.1. The van der Waals surface area contributed by atoms with Crippen LogP contribution < -0.4 is 10.4 Å². The third-order valence-corrected chi connectivity index (χ3v) is 7.61. The minimum absolute atomic E-state index is 0.110. The van der Waals surface area contributed by atoms with E-state index in [1.807, 2.05) is 36.4 Å². The van der Waals surface area contributed by atoms with Gasteiger partial charge < -0.3 is 0 Å². The molecule has 1 aromatic heterocycles. The van der Waals surface area contributed by atoms with Crippen LogP contribution in [0.1, 0.15) is 44.6 Å². The molecule has 0 N–H and O–H groups in total. The maximum absolute atomic E-state index is 14.1. The molecule has 3 nitrogen and oxygen atoms in total. The first kappa shape index (κ1) is 25.2. The van der Waals surface area contributed by atoms with Crippen molar-refractivity contribution in [2.45, 2.75) is 24.4 Å². The molecular formula is C31H18ClF4NO2. The first-order valence-corrected chi connectivity index (χ1v) is 12.5. The van der Waals surface area contributed by atoms with Crippen LogP contribution in [-0.4, -0.2) is 16.6 Å². The van der Waals surface area contributed by atoms with Gasteiger partial charge in [0, 0.05) is 18.2 Å². The van der Waals surface area contributed by atoms with Gasteiger partial charge in [-0.15, -0.1) is 0 Å². The number of alkyl halides is 3. The van der Waals surface area contributed by atoms with Gasteiger partial charge in [-0.3, -0.25) is 14.6 Å². The zero-order chi connectivity index (χ0) is 27.5. The van der Waals surface area contributed by atoms with E-state index >= 15 is 0 Å². The van der Waals surface area contributed by atoms with E-state index in [0.29, 0.717) is 33.3 Å². The summed E-state index contributed by atoms with van der Waals surface area (Å²) in [6, 6.07) is 17.4. The van der Waals surface area contributed by atoms with Crippen molar-refractivity contribution in [3.63, 3.8) is 0 Å². The van der Waals surface area contributed by atoms with E-state index in [9.17, 15) is 27.2 Å². The molecule has 4 aromatic rings. The number of rotatable bonds is 3. The lowest BCUT2D eigenvalue weighted by atomic mass is 9.73. The summed E-state index contributed by atoms with van der Waals surface area (Å²) >= 11 is 6.24. The summed E-state index contributed by atoms with van der Waals surface area (Å²) in [5.74, 6) is -2.69. The maximum atomic E-state index is 14.1. The second-order valence-corrected chi connectivity index (χ2v) is 10.00. The SMILES string of the molecule is O=C1C=c2ccccc2=c2ccc3c(c21)C(Cc1ncc(C(F)(F)F)cc1Cl)C(=O)C(c1ccc(F)cc1)C=3. The van der Waals surface area contributed by atoms with Gasteiger partial charge in [0.15, 0.2) is 11.6 Å². The van der Waals surface area contributed by atoms with Gasteiger partial charge in [-0.2, -0.15) is 13.2 Å². The summed E-state index contributed by atoms with van der Waals surface area (Å²) in [7, 11) is 0. The van der Waals surface area contributed by atoms with Crippen molar-refractivity contribution in [3.05, 3.63) is 133 Å². The molecule has 1 heterocycles. The third kappa shape index (κ3) is 4.36. The predicted molar refractivity (Wildman–Crippen MR) is 138 cm³/mol. The molecular weight excluding hydrogens is 530 g/mol. The highest BCUT2D eigenvalue weighted by Gasteiger charge is 2.37. The van der Waals surface area contributed by atoms with E-state index in [1.165, 1.54) is 30.3 Å². The summed E-state index contributed by atoms with van der Waals surface area (Å²) in [5.41, 5.74) is 0.539. The topological polar surface area (TPSA) is 47.0 Å². The number of nitrogens with zero attached hydrogens (tertiary/aromatic N) is 1. The first-order chi connectivity index (χ1) is 18.6. The number of Topliss-reactive ketones (excluding diaryl/α,β-unsaturated/α-hetero) is 2. The van der Waals surface area contributed by atoms with Crippen LogP contribution in [0.4, 0.5) is 17.6 Å². The lowest BCUT2D eigenvalue weighted by Gasteiger charge is -2.28. The minimum atomic E-state index is -4.63. The van der Waals surface area contributed by atoms with Crippen molar-refractivity contribution in [2.24, 2.45) is 0 Å². The molecule has 0 bridgehead atoms. The Morgan fingerprint density at radius 1 is 0.897 bits per heavy atom. The quantitative estimate of drug-likeness (QED) is 0.312. The molecule has 2 aliphatic carbocycles. The number of hydrogen-bond acceptors (Lipinski definition) is 3. The van der Waals surface area contributed by atoms with E-state index in [1.54, 1.807) is 6.08 Å². The third-order valence-electron chi connectivity index (χ3n) is 7.28. The highest BCUT2D eigenvalue weighted by molar-refractivity contribution is 6.31. The number of carbonyl (C=O) groups is 2. The largest absolute Gasteiger partial charge is 0.417 e. The molecule has 0 amide bonds. The molecule has 194 valence electrons. The highest BCUT2D eigenvalue weighted by Crippen LogP contribution is 2.37. The molecule has 0 saturated carbocycles. The molecule has 2 atom stereocenters. The molecule has 0 radical (unpaired) electrons. The molecule has 3 aromatic carbocycles. The Hall–Kier alpha value is -4.10. The van der Waals surface area contributed by atoms with Crippen molar-refractivity contribution in [3.8, 4) is 0 Å². The fraction of sp³-hybridized carbons (Fsp3) is 0.129. The van der Waals surface area contributed by atoms with Crippen LogP contribution in [0.3, 0.4) is 0 Å². The molecule has 2 aliphatic rings. The number of carbonyl (C=O) groups excluding carboxylic acids is 2. The smallest absolute Gasteiger partial charge is 0.298 e. The zero-order valence-corrected chi connectivity index (χ0v) is 20.9. The van der Waals surface area contributed by atoms with Crippen molar-refractivity contribution < 1.29 is 27.2 Å². The number of halogens is 5. The van der Waals surface area contributed by atoms with Gasteiger partial charge >= 0.3 is 6.18 Å². The van der Waals surface area contributed by atoms with Crippen molar-refractivity contribution in [1.29, 1.82) is 0 Å². The van der Waals surface area contributed by atoms with E-state index < -0.39 is 29.4 Å². The van der Waals surface area contributed by atoms with Crippen molar-refractivity contribution >= 4 is 35.3 Å². The van der Waals surface area contributed by atoms with Gasteiger partial charge in [-0.25, -0.2) is 4.39 Å². The molecule has 0 aliphatic heterocycles. The molecule has 0 fully saturated rings. The Labute approximate surface area is 224 Å². The lowest BCUT2D eigenvalue weighted by molar-refractivity contribution is -0.137. The summed E-state index contributed by atoms with van der Waals surface area (Å²) < 4.78 is 53.3. The molecule has 6 rings (SSSR count). The average molecular weight is 548 g/mol. The highest BCUT2D eigenvalue weighted by atomic mass is 35.5. The molecule has 8 heteroatoms. The van der Waals surface area contributed by atoms with Crippen LogP contribution in [0.15, 0.2) is 72.9 Å². The monoisotopic (exact) mass is 547 g/mol. The maximum Gasteiger partial charge on any atom is 0.417 e. The fourth-order valence-electron chi connectivity index (χ4n) is 5.45. The average Bonchev–Trinajstić information content (AvgIpc) is 2.90. The Bertz CT molecular complexity index is 1900. The predicted octanol–water partition coefficient (Wildman–Crippen LogP) is 5.63. The van der Waals surface area contributed by atoms with Gasteiger partial charge in [0.1, 0.15) is 5.82 Å². The lowest BCUT2D eigenvalue weighted by Crippen LogP contribution is -2.35. The van der Waals surface area contributed by atoms with Gasteiger partial charge in [0.05, 0.1) is 28.1 Å². The van der Waals surface area contributed by atoms with Gasteiger partial charge in [-0.05, 0) is 56.3 Å².